The van der Waals surface area contributed by atoms with E-state index in [1.54, 1.807) is 6.20 Å². The Hall–Kier alpha value is -1.16. The predicted molar refractivity (Wildman–Crippen MR) is 56.3 cm³/mol. The Labute approximate surface area is 84.4 Å². The van der Waals surface area contributed by atoms with Crippen LogP contribution in [-0.4, -0.2) is 40.5 Å². The van der Waals surface area contributed by atoms with E-state index in [0.29, 0.717) is 6.04 Å². The van der Waals surface area contributed by atoms with Crippen LogP contribution in [0.3, 0.4) is 0 Å². The number of likely N-dealkylation sites (tertiary alicyclic amines) is 1. The lowest BCUT2D eigenvalue weighted by atomic mass is 10.1. The number of rotatable bonds is 3. The standard InChI is InChI=1S/C10H16N4/c1-3-14-6-9(7-14)13-10-4-5-11-8(2)12-10/h4-5,9H,3,6-7H2,1-2H3,(H,11,12,13). The molecule has 1 aromatic rings. The fourth-order valence-corrected chi connectivity index (χ4v) is 1.67. The summed E-state index contributed by atoms with van der Waals surface area (Å²) < 4.78 is 0. The van der Waals surface area contributed by atoms with E-state index in [2.05, 4.69) is 27.1 Å². The second-order valence-corrected chi connectivity index (χ2v) is 3.68. The molecule has 0 saturated carbocycles. The molecule has 1 aromatic heterocycles. The summed E-state index contributed by atoms with van der Waals surface area (Å²) in [4.78, 5) is 10.8. The van der Waals surface area contributed by atoms with Gasteiger partial charge in [0.2, 0.25) is 0 Å². The number of anilines is 1. The minimum absolute atomic E-state index is 0.559. The monoisotopic (exact) mass is 192 g/mol. The maximum absolute atomic E-state index is 4.31. The molecule has 1 saturated heterocycles. The molecule has 0 radical (unpaired) electrons. The quantitative estimate of drug-likeness (QED) is 0.772. The lowest BCUT2D eigenvalue weighted by Gasteiger charge is -2.39. The molecular weight excluding hydrogens is 176 g/mol. The SMILES string of the molecule is CCN1CC(Nc2ccnc(C)n2)C1. The second kappa shape index (κ2) is 3.92. The van der Waals surface area contributed by atoms with E-state index in [1.807, 2.05) is 13.0 Å². The number of nitrogens with zero attached hydrogens (tertiary/aromatic N) is 3. The van der Waals surface area contributed by atoms with Gasteiger partial charge in [-0.15, -0.1) is 0 Å². The highest BCUT2D eigenvalue weighted by molar-refractivity contribution is 5.35. The van der Waals surface area contributed by atoms with E-state index >= 15 is 0 Å². The van der Waals surface area contributed by atoms with Gasteiger partial charge >= 0.3 is 0 Å². The van der Waals surface area contributed by atoms with Crippen LogP contribution >= 0.6 is 0 Å². The highest BCUT2D eigenvalue weighted by Crippen LogP contribution is 2.12. The van der Waals surface area contributed by atoms with Crippen LogP contribution in [0, 0.1) is 6.92 Å². The predicted octanol–water partition coefficient (Wildman–Crippen LogP) is 0.901. The molecule has 0 spiro atoms. The van der Waals surface area contributed by atoms with Crippen LogP contribution in [0.5, 0.6) is 0 Å². The highest BCUT2D eigenvalue weighted by atomic mass is 15.3. The summed E-state index contributed by atoms with van der Waals surface area (Å²) in [6, 6.07) is 2.48. The van der Waals surface area contributed by atoms with Gasteiger partial charge in [-0.05, 0) is 19.5 Å². The lowest BCUT2D eigenvalue weighted by molar-refractivity contribution is 0.171. The van der Waals surface area contributed by atoms with Crippen molar-refractivity contribution < 1.29 is 0 Å². The number of aromatic nitrogens is 2. The average molecular weight is 192 g/mol. The molecule has 1 fully saturated rings. The molecule has 1 N–H and O–H groups in total. The van der Waals surface area contributed by atoms with Crippen LogP contribution < -0.4 is 5.32 Å². The van der Waals surface area contributed by atoms with Crippen molar-refractivity contribution >= 4 is 5.82 Å². The third-order valence-corrected chi connectivity index (χ3v) is 2.53. The summed E-state index contributed by atoms with van der Waals surface area (Å²) in [5.74, 6) is 1.76. The molecule has 2 heterocycles. The van der Waals surface area contributed by atoms with Gasteiger partial charge in [-0.2, -0.15) is 0 Å². The molecule has 4 nitrogen and oxygen atoms in total. The van der Waals surface area contributed by atoms with Crippen LogP contribution in [-0.2, 0) is 0 Å². The number of aryl methyl sites for hydroxylation is 1. The van der Waals surface area contributed by atoms with Crippen molar-refractivity contribution in [2.45, 2.75) is 19.9 Å². The molecule has 0 aliphatic carbocycles. The summed E-state index contributed by atoms with van der Waals surface area (Å²) in [5, 5.41) is 3.39. The van der Waals surface area contributed by atoms with Crippen LogP contribution in [0.1, 0.15) is 12.7 Å². The molecule has 0 atom stereocenters. The summed E-state index contributed by atoms with van der Waals surface area (Å²) in [6.45, 7) is 7.48. The van der Waals surface area contributed by atoms with E-state index in [9.17, 15) is 0 Å². The zero-order valence-electron chi connectivity index (χ0n) is 8.70. The molecular formula is C10H16N4. The molecule has 0 aromatic carbocycles. The van der Waals surface area contributed by atoms with E-state index < -0.39 is 0 Å². The third kappa shape index (κ3) is 2.01. The third-order valence-electron chi connectivity index (χ3n) is 2.53. The first kappa shape index (κ1) is 9.40. The van der Waals surface area contributed by atoms with Crippen LogP contribution in [0.2, 0.25) is 0 Å². The van der Waals surface area contributed by atoms with Crippen molar-refractivity contribution in [2.24, 2.45) is 0 Å². The number of likely N-dealkylation sites (N-methyl/N-ethyl adjacent to an activating group) is 1. The number of nitrogens with one attached hydrogen (secondary N) is 1. The van der Waals surface area contributed by atoms with E-state index in [-0.39, 0.29) is 0 Å². The van der Waals surface area contributed by atoms with Crippen molar-refractivity contribution in [3.8, 4) is 0 Å². The fraction of sp³-hybridized carbons (Fsp3) is 0.600. The summed E-state index contributed by atoms with van der Waals surface area (Å²) in [7, 11) is 0. The van der Waals surface area contributed by atoms with Gasteiger partial charge in [0.25, 0.3) is 0 Å². The smallest absolute Gasteiger partial charge is 0.129 e. The van der Waals surface area contributed by atoms with Crippen LogP contribution in [0.4, 0.5) is 5.82 Å². The van der Waals surface area contributed by atoms with Gasteiger partial charge in [0.1, 0.15) is 11.6 Å². The van der Waals surface area contributed by atoms with Gasteiger partial charge in [-0.3, -0.25) is 4.90 Å². The second-order valence-electron chi connectivity index (χ2n) is 3.68. The summed E-state index contributed by atoms with van der Waals surface area (Å²) >= 11 is 0. The molecule has 4 heteroatoms. The maximum atomic E-state index is 4.31. The van der Waals surface area contributed by atoms with Gasteiger partial charge in [0.15, 0.2) is 0 Å². The first-order chi connectivity index (χ1) is 6.78. The maximum Gasteiger partial charge on any atom is 0.129 e. The van der Waals surface area contributed by atoms with Gasteiger partial charge in [-0.1, -0.05) is 6.92 Å². The van der Waals surface area contributed by atoms with Gasteiger partial charge in [0.05, 0.1) is 6.04 Å². The first-order valence-corrected chi connectivity index (χ1v) is 5.06. The van der Waals surface area contributed by atoms with Gasteiger partial charge < -0.3 is 5.32 Å². The molecule has 14 heavy (non-hydrogen) atoms. The van der Waals surface area contributed by atoms with Crippen molar-refractivity contribution in [3.05, 3.63) is 18.1 Å². The molecule has 0 unspecified atom stereocenters. The molecule has 0 amide bonds. The number of hydrogen-bond donors (Lipinski definition) is 1. The first-order valence-electron chi connectivity index (χ1n) is 5.06. The molecule has 1 aliphatic heterocycles. The van der Waals surface area contributed by atoms with E-state index in [0.717, 1.165) is 31.3 Å². The Kier molecular flexibility index (Phi) is 2.63. The molecule has 1 aliphatic rings. The summed E-state index contributed by atoms with van der Waals surface area (Å²) in [5.41, 5.74) is 0. The molecule has 2 rings (SSSR count). The average Bonchev–Trinajstić information content (AvgIpc) is 2.10. The van der Waals surface area contributed by atoms with E-state index in [1.165, 1.54) is 0 Å². The fourth-order valence-electron chi connectivity index (χ4n) is 1.67. The van der Waals surface area contributed by atoms with Crippen LogP contribution in [0.25, 0.3) is 0 Å². The van der Waals surface area contributed by atoms with Gasteiger partial charge in [0, 0.05) is 19.3 Å². The topological polar surface area (TPSA) is 41.0 Å². The Morgan fingerprint density at radius 2 is 2.36 bits per heavy atom. The van der Waals surface area contributed by atoms with E-state index in [4.69, 9.17) is 0 Å². The molecule has 76 valence electrons. The largest absolute Gasteiger partial charge is 0.365 e. The Bertz CT molecular complexity index is 307. The zero-order valence-corrected chi connectivity index (χ0v) is 8.70. The van der Waals surface area contributed by atoms with Crippen LogP contribution in [0.15, 0.2) is 12.3 Å². The molecule has 0 bridgehead atoms. The summed E-state index contributed by atoms with van der Waals surface area (Å²) in [6.07, 6.45) is 1.79. The Morgan fingerprint density at radius 3 is 3.00 bits per heavy atom. The Morgan fingerprint density at radius 1 is 1.57 bits per heavy atom. The number of hydrogen-bond acceptors (Lipinski definition) is 4. The van der Waals surface area contributed by atoms with Crippen molar-refractivity contribution in [3.63, 3.8) is 0 Å². The highest BCUT2D eigenvalue weighted by Gasteiger charge is 2.24. The van der Waals surface area contributed by atoms with Crippen molar-refractivity contribution in [1.29, 1.82) is 0 Å². The van der Waals surface area contributed by atoms with Crippen molar-refractivity contribution in [1.82, 2.24) is 14.9 Å². The minimum atomic E-state index is 0.559. The minimum Gasteiger partial charge on any atom is -0.365 e. The Balaban J connectivity index is 1.87. The van der Waals surface area contributed by atoms with Gasteiger partial charge in [-0.25, -0.2) is 9.97 Å². The zero-order chi connectivity index (χ0) is 9.97. The lowest BCUT2D eigenvalue weighted by Crippen LogP contribution is -2.54. The normalized spacial score (nSPS) is 17.9. The van der Waals surface area contributed by atoms with Crippen molar-refractivity contribution in [2.75, 3.05) is 25.0 Å².